The predicted octanol–water partition coefficient (Wildman–Crippen LogP) is 4.21. The summed E-state index contributed by atoms with van der Waals surface area (Å²) < 4.78 is 31.3. The molecule has 1 aromatic carbocycles. The lowest BCUT2D eigenvalue weighted by atomic mass is 9.94. The van der Waals surface area contributed by atoms with Crippen LogP contribution in [0.25, 0.3) is 28.0 Å². The van der Waals surface area contributed by atoms with Gasteiger partial charge in [0.15, 0.2) is 5.65 Å². The Morgan fingerprint density at radius 1 is 1.03 bits per heavy atom. The van der Waals surface area contributed by atoms with Gasteiger partial charge in [-0.15, -0.1) is 0 Å². The normalized spacial score (nSPS) is 16.3. The molecule has 8 heteroatoms. The standard InChI is InChI=1S/C25H26N4O3S/c1-17-22(16-32-2)24(19-10-12-33(30,31)13-11-19)28-25-21(15-27-29(17)25)20-8-9-23(26-14-20)18-6-4-3-5-7-18/h3-9,14-15,19H,10-13,16H2,1-2H3. The van der Waals surface area contributed by atoms with Crippen LogP contribution in [0, 0.1) is 6.92 Å². The third-order valence-corrected chi connectivity index (χ3v) is 8.12. The first-order chi connectivity index (χ1) is 16.0. The van der Waals surface area contributed by atoms with Crippen molar-refractivity contribution >= 4 is 15.5 Å². The molecule has 0 aliphatic carbocycles. The number of methoxy groups -OCH3 is 1. The van der Waals surface area contributed by atoms with Crippen LogP contribution in [0.15, 0.2) is 54.9 Å². The molecule has 1 saturated heterocycles. The maximum Gasteiger partial charge on any atom is 0.163 e. The van der Waals surface area contributed by atoms with Crippen molar-refractivity contribution in [3.05, 3.63) is 71.8 Å². The molecule has 0 atom stereocenters. The van der Waals surface area contributed by atoms with Crippen LogP contribution in [-0.2, 0) is 21.2 Å². The zero-order valence-corrected chi connectivity index (χ0v) is 19.5. The lowest BCUT2D eigenvalue weighted by molar-refractivity contribution is 0.182. The Hall–Kier alpha value is -3.10. The van der Waals surface area contributed by atoms with E-state index in [1.54, 1.807) is 7.11 Å². The van der Waals surface area contributed by atoms with Gasteiger partial charge in [-0.1, -0.05) is 36.4 Å². The van der Waals surface area contributed by atoms with Gasteiger partial charge >= 0.3 is 0 Å². The highest BCUT2D eigenvalue weighted by Crippen LogP contribution is 2.34. The first kappa shape index (κ1) is 21.7. The molecule has 0 N–H and O–H groups in total. The maximum absolute atomic E-state index is 12.0. The quantitative estimate of drug-likeness (QED) is 0.442. The van der Waals surface area contributed by atoms with E-state index in [0.717, 1.165) is 45.0 Å². The van der Waals surface area contributed by atoms with Crippen LogP contribution in [-0.4, -0.2) is 46.6 Å². The van der Waals surface area contributed by atoms with Crippen molar-refractivity contribution in [2.24, 2.45) is 0 Å². The molecule has 3 aromatic heterocycles. The van der Waals surface area contributed by atoms with Crippen molar-refractivity contribution in [3.63, 3.8) is 0 Å². The van der Waals surface area contributed by atoms with Gasteiger partial charge in [0.1, 0.15) is 9.84 Å². The summed E-state index contributed by atoms with van der Waals surface area (Å²) in [7, 11) is -1.29. The minimum absolute atomic E-state index is 0.0868. The molecule has 0 bridgehead atoms. The van der Waals surface area contributed by atoms with E-state index >= 15 is 0 Å². The molecule has 1 aliphatic rings. The summed E-state index contributed by atoms with van der Waals surface area (Å²) in [5.41, 5.74) is 7.44. The maximum atomic E-state index is 12.0. The van der Waals surface area contributed by atoms with Gasteiger partial charge in [0, 0.05) is 47.2 Å². The largest absolute Gasteiger partial charge is 0.380 e. The van der Waals surface area contributed by atoms with E-state index in [2.05, 4.69) is 10.1 Å². The molecule has 170 valence electrons. The van der Waals surface area contributed by atoms with Crippen LogP contribution in [0.3, 0.4) is 0 Å². The Bertz CT molecular complexity index is 1380. The Kier molecular flexibility index (Phi) is 5.72. The molecule has 1 aliphatic heterocycles. The zero-order chi connectivity index (χ0) is 23.0. The van der Waals surface area contributed by atoms with Crippen LogP contribution in [0.5, 0.6) is 0 Å². The second-order valence-corrected chi connectivity index (χ2v) is 10.8. The first-order valence-corrected chi connectivity index (χ1v) is 12.9. The summed E-state index contributed by atoms with van der Waals surface area (Å²) in [6, 6.07) is 14.1. The van der Waals surface area contributed by atoms with E-state index in [1.165, 1.54) is 0 Å². The number of hydrogen-bond acceptors (Lipinski definition) is 6. The van der Waals surface area contributed by atoms with E-state index in [-0.39, 0.29) is 17.4 Å². The molecule has 7 nitrogen and oxygen atoms in total. The van der Waals surface area contributed by atoms with Gasteiger partial charge in [0.2, 0.25) is 0 Å². The predicted molar refractivity (Wildman–Crippen MR) is 128 cm³/mol. The van der Waals surface area contributed by atoms with Gasteiger partial charge in [0.25, 0.3) is 0 Å². The molecule has 4 aromatic rings. The van der Waals surface area contributed by atoms with Crippen LogP contribution in [0.4, 0.5) is 0 Å². The smallest absolute Gasteiger partial charge is 0.163 e. The lowest BCUT2D eigenvalue weighted by Gasteiger charge is -2.24. The molecule has 0 amide bonds. The van der Waals surface area contributed by atoms with E-state index in [0.29, 0.717) is 19.4 Å². The van der Waals surface area contributed by atoms with Crippen LogP contribution in [0.2, 0.25) is 0 Å². The van der Waals surface area contributed by atoms with E-state index in [9.17, 15) is 8.42 Å². The van der Waals surface area contributed by atoms with E-state index in [4.69, 9.17) is 9.72 Å². The van der Waals surface area contributed by atoms with Gasteiger partial charge in [-0.2, -0.15) is 5.10 Å². The summed E-state index contributed by atoms with van der Waals surface area (Å²) in [4.78, 5) is 9.70. The summed E-state index contributed by atoms with van der Waals surface area (Å²) in [5.74, 6) is 0.490. The molecule has 4 heterocycles. The highest BCUT2D eigenvalue weighted by molar-refractivity contribution is 7.91. The average Bonchev–Trinajstić information content (AvgIpc) is 3.26. The second-order valence-electron chi connectivity index (χ2n) is 8.51. The number of rotatable bonds is 5. The fraction of sp³-hybridized carbons (Fsp3) is 0.320. The number of aromatic nitrogens is 4. The van der Waals surface area contributed by atoms with Crippen molar-refractivity contribution in [1.29, 1.82) is 0 Å². The minimum atomic E-state index is -2.95. The summed E-state index contributed by atoms with van der Waals surface area (Å²) >= 11 is 0. The molecule has 0 spiro atoms. The fourth-order valence-corrected chi connectivity index (χ4v) is 6.04. The highest BCUT2D eigenvalue weighted by Gasteiger charge is 2.29. The molecule has 0 unspecified atom stereocenters. The summed E-state index contributed by atoms with van der Waals surface area (Å²) in [5, 5.41) is 4.60. The Morgan fingerprint density at radius 3 is 2.45 bits per heavy atom. The van der Waals surface area contributed by atoms with Crippen molar-refractivity contribution in [3.8, 4) is 22.4 Å². The first-order valence-electron chi connectivity index (χ1n) is 11.0. The SMILES string of the molecule is COCc1c(C2CCS(=O)(=O)CC2)nc2c(-c3ccc(-c4ccccc4)nc3)cnn2c1C. The van der Waals surface area contributed by atoms with Gasteiger partial charge in [-0.3, -0.25) is 4.98 Å². The topological polar surface area (TPSA) is 86.5 Å². The van der Waals surface area contributed by atoms with E-state index in [1.807, 2.05) is 66.3 Å². The van der Waals surface area contributed by atoms with Crippen LogP contribution in [0.1, 0.15) is 35.7 Å². The summed E-state index contributed by atoms with van der Waals surface area (Å²) in [6.45, 7) is 2.43. The molecule has 33 heavy (non-hydrogen) atoms. The Labute approximate surface area is 193 Å². The fourth-order valence-electron chi connectivity index (χ4n) is 4.55. The van der Waals surface area contributed by atoms with Gasteiger partial charge < -0.3 is 4.74 Å². The monoisotopic (exact) mass is 462 g/mol. The molecule has 0 saturated carbocycles. The van der Waals surface area contributed by atoms with Crippen molar-refractivity contribution < 1.29 is 13.2 Å². The molecular weight excluding hydrogens is 436 g/mol. The number of nitrogens with zero attached hydrogens (tertiary/aromatic N) is 4. The molecule has 0 radical (unpaired) electrons. The second kappa shape index (κ2) is 8.68. The van der Waals surface area contributed by atoms with Gasteiger partial charge in [-0.25, -0.2) is 17.9 Å². The number of hydrogen-bond donors (Lipinski definition) is 0. The van der Waals surface area contributed by atoms with Crippen molar-refractivity contribution in [2.75, 3.05) is 18.6 Å². The number of ether oxygens (including phenoxy) is 1. The number of pyridine rings is 1. The molecular formula is C25H26N4O3S. The number of fused-ring (bicyclic) bond motifs is 1. The van der Waals surface area contributed by atoms with Gasteiger partial charge in [0.05, 0.1) is 35.7 Å². The third kappa shape index (κ3) is 4.16. The third-order valence-electron chi connectivity index (χ3n) is 6.41. The minimum Gasteiger partial charge on any atom is -0.380 e. The number of benzene rings is 1. The lowest BCUT2D eigenvalue weighted by Crippen LogP contribution is -2.24. The zero-order valence-electron chi connectivity index (χ0n) is 18.7. The molecule has 5 rings (SSSR count). The number of aryl methyl sites for hydroxylation is 1. The Morgan fingerprint density at radius 2 is 1.79 bits per heavy atom. The average molecular weight is 463 g/mol. The van der Waals surface area contributed by atoms with Crippen LogP contribution < -0.4 is 0 Å². The van der Waals surface area contributed by atoms with Gasteiger partial charge in [-0.05, 0) is 25.8 Å². The number of sulfone groups is 1. The highest BCUT2D eigenvalue weighted by atomic mass is 32.2. The van der Waals surface area contributed by atoms with Crippen molar-refractivity contribution in [1.82, 2.24) is 19.6 Å². The van der Waals surface area contributed by atoms with Crippen LogP contribution >= 0.6 is 0 Å². The summed E-state index contributed by atoms with van der Waals surface area (Å²) in [6.07, 6.45) is 4.84. The van der Waals surface area contributed by atoms with Crippen molar-refractivity contribution in [2.45, 2.75) is 32.3 Å². The van der Waals surface area contributed by atoms with E-state index < -0.39 is 9.84 Å². The molecule has 1 fully saturated rings. The Balaban J connectivity index is 1.58.